The van der Waals surface area contributed by atoms with Gasteiger partial charge < -0.3 is 4.74 Å². The maximum atomic E-state index is 12.4. The summed E-state index contributed by atoms with van der Waals surface area (Å²) in [6.45, 7) is 6.17. The van der Waals surface area contributed by atoms with Crippen LogP contribution in [0.15, 0.2) is 28.9 Å². The maximum Gasteiger partial charge on any atom is 0.357 e. The van der Waals surface area contributed by atoms with Crippen molar-refractivity contribution in [3.05, 3.63) is 51.0 Å². The highest BCUT2D eigenvalue weighted by Crippen LogP contribution is 2.30. The van der Waals surface area contributed by atoms with Crippen LogP contribution in [-0.4, -0.2) is 26.5 Å². The Morgan fingerprint density at radius 1 is 1.28 bits per heavy atom. The second kappa shape index (κ2) is 7.22. The first-order valence-corrected chi connectivity index (χ1v) is 9.42. The Morgan fingerprint density at radius 2 is 2.04 bits per heavy atom. The number of halogens is 2. The minimum Gasteiger partial charge on any atom is -0.461 e. The average Bonchev–Trinajstić information content (AvgIpc) is 3.09. The number of hydrogen-bond donors (Lipinski definition) is 0. The molecule has 1 aromatic carbocycles. The van der Waals surface area contributed by atoms with Crippen molar-refractivity contribution >= 4 is 39.3 Å². The van der Waals surface area contributed by atoms with Crippen molar-refractivity contribution in [3.8, 4) is 5.69 Å². The SMILES string of the molecule is CCOC(=O)c1c(CC)nc2n(-c3ccc(CC)cc3Br)c(Cl)cn12. The van der Waals surface area contributed by atoms with Gasteiger partial charge in [-0.05, 0) is 53.4 Å². The smallest absolute Gasteiger partial charge is 0.357 e. The molecule has 0 fully saturated rings. The van der Waals surface area contributed by atoms with Crippen LogP contribution in [0.3, 0.4) is 0 Å². The van der Waals surface area contributed by atoms with E-state index >= 15 is 0 Å². The van der Waals surface area contributed by atoms with E-state index in [0.29, 0.717) is 35.3 Å². The Labute approximate surface area is 159 Å². The van der Waals surface area contributed by atoms with E-state index in [1.165, 1.54) is 5.56 Å². The first-order chi connectivity index (χ1) is 12.0. The Kier molecular flexibility index (Phi) is 5.20. The lowest BCUT2D eigenvalue weighted by Crippen LogP contribution is -2.09. The summed E-state index contributed by atoms with van der Waals surface area (Å²) in [6.07, 6.45) is 3.28. The molecule has 5 nitrogen and oxygen atoms in total. The molecule has 0 aliphatic carbocycles. The third-order valence-electron chi connectivity index (χ3n) is 4.08. The van der Waals surface area contributed by atoms with Crippen molar-refractivity contribution in [3.63, 3.8) is 0 Å². The third-order valence-corrected chi connectivity index (χ3v) is 4.98. The van der Waals surface area contributed by atoms with Crippen LogP contribution in [0.4, 0.5) is 0 Å². The molecule has 0 aliphatic rings. The summed E-state index contributed by atoms with van der Waals surface area (Å²) >= 11 is 10.1. The fourth-order valence-electron chi connectivity index (χ4n) is 2.84. The van der Waals surface area contributed by atoms with Crippen molar-refractivity contribution in [2.45, 2.75) is 33.6 Å². The van der Waals surface area contributed by atoms with Gasteiger partial charge in [0.25, 0.3) is 0 Å². The number of esters is 1. The summed E-state index contributed by atoms with van der Waals surface area (Å²) < 4.78 is 9.64. The van der Waals surface area contributed by atoms with Crippen LogP contribution < -0.4 is 0 Å². The van der Waals surface area contributed by atoms with Gasteiger partial charge in [0.2, 0.25) is 5.78 Å². The highest BCUT2D eigenvalue weighted by molar-refractivity contribution is 9.10. The number of benzene rings is 1. The van der Waals surface area contributed by atoms with Gasteiger partial charge in [0.15, 0.2) is 5.69 Å². The number of nitrogens with zero attached hydrogens (tertiary/aromatic N) is 3. The third kappa shape index (κ3) is 3.09. The number of aromatic nitrogens is 3. The zero-order chi connectivity index (χ0) is 18.1. The molecule has 0 saturated heterocycles. The van der Waals surface area contributed by atoms with Crippen LogP contribution >= 0.6 is 27.5 Å². The van der Waals surface area contributed by atoms with E-state index < -0.39 is 0 Å². The highest BCUT2D eigenvalue weighted by Gasteiger charge is 2.24. The lowest BCUT2D eigenvalue weighted by atomic mass is 10.1. The molecular weight excluding hydrogens is 406 g/mol. The molecule has 0 N–H and O–H groups in total. The van der Waals surface area contributed by atoms with Gasteiger partial charge in [-0.25, -0.2) is 9.78 Å². The fourth-order valence-corrected chi connectivity index (χ4v) is 3.71. The van der Waals surface area contributed by atoms with Gasteiger partial charge in [0, 0.05) is 10.7 Å². The first kappa shape index (κ1) is 18.0. The molecule has 2 heterocycles. The lowest BCUT2D eigenvalue weighted by molar-refractivity contribution is 0.0517. The quantitative estimate of drug-likeness (QED) is 0.551. The van der Waals surface area contributed by atoms with Gasteiger partial charge in [0.1, 0.15) is 5.15 Å². The predicted molar refractivity (Wildman–Crippen MR) is 102 cm³/mol. The van der Waals surface area contributed by atoms with Gasteiger partial charge in [-0.3, -0.25) is 8.97 Å². The Balaban J connectivity index is 2.24. The molecule has 0 unspecified atom stereocenters. The van der Waals surface area contributed by atoms with Gasteiger partial charge in [-0.15, -0.1) is 0 Å². The number of aryl methyl sites for hydroxylation is 2. The van der Waals surface area contributed by atoms with E-state index in [4.69, 9.17) is 16.3 Å². The fraction of sp³-hybridized carbons (Fsp3) is 0.333. The summed E-state index contributed by atoms with van der Waals surface area (Å²) in [5.41, 5.74) is 3.22. The van der Waals surface area contributed by atoms with E-state index in [1.807, 2.05) is 17.6 Å². The molecular formula is C18H19BrClN3O2. The van der Waals surface area contributed by atoms with Crippen molar-refractivity contribution in [2.75, 3.05) is 6.61 Å². The van der Waals surface area contributed by atoms with Gasteiger partial charge >= 0.3 is 5.97 Å². The molecule has 0 amide bonds. The minimum atomic E-state index is -0.388. The molecule has 2 aromatic heterocycles. The number of imidazole rings is 2. The average molecular weight is 425 g/mol. The molecule has 0 atom stereocenters. The topological polar surface area (TPSA) is 48.5 Å². The summed E-state index contributed by atoms with van der Waals surface area (Å²) in [5.74, 6) is 0.205. The van der Waals surface area contributed by atoms with Gasteiger partial charge in [-0.1, -0.05) is 31.5 Å². The zero-order valence-corrected chi connectivity index (χ0v) is 16.7. The van der Waals surface area contributed by atoms with Crippen LogP contribution in [0.25, 0.3) is 11.5 Å². The Hall–Kier alpha value is -1.79. The van der Waals surface area contributed by atoms with Crippen molar-refractivity contribution in [1.82, 2.24) is 14.0 Å². The standard InChI is InChI=1S/C18H19BrClN3O2/c1-4-11-7-8-14(12(19)9-11)23-15(20)10-22-16(17(24)25-6-3)13(5-2)21-18(22)23/h7-10H,4-6H2,1-3H3. The van der Waals surface area contributed by atoms with Crippen molar-refractivity contribution in [2.24, 2.45) is 0 Å². The Bertz CT molecular complexity index is 946. The molecule has 132 valence electrons. The zero-order valence-electron chi connectivity index (χ0n) is 14.3. The second-order valence-corrected chi connectivity index (χ2v) is 6.82. The predicted octanol–water partition coefficient (Wildman–Crippen LogP) is 4.84. The maximum absolute atomic E-state index is 12.4. The van der Waals surface area contributed by atoms with Crippen molar-refractivity contribution < 1.29 is 9.53 Å². The summed E-state index contributed by atoms with van der Waals surface area (Å²) in [6, 6.07) is 6.13. The lowest BCUT2D eigenvalue weighted by Gasteiger charge is -2.09. The van der Waals surface area contributed by atoms with Crippen molar-refractivity contribution in [1.29, 1.82) is 0 Å². The van der Waals surface area contributed by atoms with Gasteiger partial charge in [0.05, 0.1) is 18.0 Å². The first-order valence-electron chi connectivity index (χ1n) is 8.25. The van der Waals surface area contributed by atoms with E-state index in [2.05, 4.69) is 40.0 Å². The monoisotopic (exact) mass is 423 g/mol. The van der Waals surface area contributed by atoms with E-state index in [1.54, 1.807) is 17.5 Å². The number of fused-ring (bicyclic) bond motifs is 1. The van der Waals surface area contributed by atoms with E-state index in [0.717, 1.165) is 16.6 Å². The molecule has 0 spiro atoms. The van der Waals surface area contributed by atoms with Crippen LogP contribution in [0.2, 0.25) is 5.15 Å². The number of carbonyl (C=O) groups is 1. The summed E-state index contributed by atoms with van der Waals surface area (Å²) in [7, 11) is 0. The summed E-state index contributed by atoms with van der Waals surface area (Å²) in [5, 5.41) is 0.473. The molecule has 3 aromatic rings. The highest BCUT2D eigenvalue weighted by atomic mass is 79.9. The number of ether oxygens (including phenoxy) is 1. The minimum absolute atomic E-state index is 0.313. The molecule has 3 rings (SSSR count). The normalized spacial score (nSPS) is 11.2. The van der Waals surface area contributed by atoms with Crippen LogP contribution in [-0.2, 0) is 17.6 Å². The van der Waals surface area contributed by atoms with Gasteiger partial charge in [-0.2, -0.15) is 0 Å². The van der Waals surface area contributed by atoms with Crippen LogP contribution in [0.5, 0.6) is 0 Å². The molecule has 0 bridgehead atoms. The second-order valence-electron chi connectivity index (χ2n) is 5.58. The van der Waals surface area contributed by atoms with Crippen LogP contribution in [0, 0.1) is 0 Å². The van der Waals surface area contributed by atoms with Crippen LogP contribution in [0.1, 0.15) is 42.5 Å². The largest absolute Gasteiger partial charge is 0.461 e. The molecule has 0 aliphatic heterocycles. The molecule has 0 saturated carbocycles. The molecule has 7 heteroatoms. The Morgan fingerprint density at radius 3 is 2.64 bits per heavy atom. The number of hydrogen-bond acceptors (Lipinski definition) is 3. The summed E-state index contributed by atoms with van der Waals surface area (Å²) in [4.78, 5) is 17.0. The number of rotatable bonds is 5. The molecule has 0 radical (unpaired) electrons. The van der Waals surface area contributed by atoms with E-state index in [9.17, 15) is 4.79 Å². The number of carbonyl (C=O) groups excluding carboxylic acids is 1. The van der Waals surface area contributed by atoms with E-state index in [-0.39, 0.29) is 5.97 Å². The molecule has 25 heavy (non-hydrogen) atoms.